The van der Waals surface area contributed by atoms with Crippen LogP contribution in [0.1, 0.15) is 12.8 Å². The molecule has 1 aliphatic rings. The van der Waals surface area contributed by atoms with Gasteiger partial charge in [0, 0.05) is 12.5 Å². The van der Waals surface area contributed by atoms with Crippen LogP contribution >= 0.6 is 0 Å². The van der Waals surface area contributed by atoms with Gasteiger partial charge in [0.1, 0.15) is 6.29 Å². The van der Waals surface area contributed by atoms with Crippen LogP contribution in [-0.2, 0) is 4.79 Å². The summed E-state index contributed by atoms with van der Waals surface area (Å²) >= 11 is 0. The molecule has 0 radical (unpaired) electrons. The second kappa shape index (κ2) is 3.52. The van der Waals surface area contributed by atoms with E-state index >= 15 is 0 Å². The quantitative estimate of drug-likeness (QED) is 0.454. The molecule has 1 N–H and O–H groups in total. The molecule has 0 aromatic heterocycles. The zero-order chi connectivity index (χ0) is 7.40. The molecule has 0 saturated carbocycles. The number of rotatable bonds is 2. The molecule has 1 aliphatic carbocycles. The summed E-state index contributed by atoms with van der Waals surface area (Å²) in [5.74, 6) is 0.220. The van der Waals surface area contributed by atoms with Gasteiger partial charge in [0.25, 0.3) is 0 Å². The predicted octanol–water partition coefficient (Wildman–Crippen LogP) is 0.760. The maximum atomic E-state index is 10.4. The van der Waals surface area contributed by atoms with E-state index in [1.165, 1.54) is 0 Å². The molecule has 2 atom stereocenters. The van der Waals surface area contributed by atoms with Crippen molar-refractivity contribution in [3.8, 4) is 0 Å². The van der Waals surface area contributed by atoms with Crippen molar-refractivity contribution in [2.24, 2.45) is 11.8 Å². The van der Waals surface area contributed by atoms with E-state index in [1.807, 2.05) is 12.2 Å². The number of hydrogen-bond donors (Lipinski definition) is 1. The summed E-state index contributed by atoms with van der Waals surface area (Å²) in [5, 5.41) is 8.80. The molecule has 1 rings (SSSR count). The molecule has 0 aliphatic heterocycles. The zero-order valence-electron chi connectivity index (χ0n) is 5.86. The third-order valence-electron chi connectivity index (χ3n) is 2.03. The predicted molar refractivity (Wildman–Crippen MR) is 38.5 cm³/mol. The van der Waals surface area contributed by atoms with E-state index in [2.05, 4.69) is 0 Å². The van der Waals surface area contributed by atoms with E-state index in [-0.39, 0.29) is 18.4 Å². The molecule has 2 nitrogen and oxygen atoms in total. The smallest absolute Gasteiger partial charge is 0.123 e. The molecule has 0 heterocycles. The van der Waals surface area contributed by atoms with Gasteiger partial charge in [-0.1, -0.05) is 12.2 Å². The normalized spacial score (nSPS) is 32.1. The van der Waals surface area contributed by atoms with Crippen LogP contribution in [0.2, 0.25) is 0 Å². The lowest BCUT2D eigenvalue weighted by Crippen LogP contribution is -2.21. The van der Waals surface area contributed by atoms with Crippen LogP contribution in [0.4, 0.5) is 0 Å². The van der Waals surface area contributed by atoms with Crippen molar-refractivity contribution in [3.05, 3.63) is 12.2 Å². The minimum absolute atomic E-state index is 0.0509. The fourth-order valence-corrected chi connectivity index (χ4v) is 1.27. The van der Waals surface area contributed by atoms with Crippen molar-refractivity contribution in [1.29, 1.82) is 0 Å². The van der Waals surface area contributed by atoms with Gasteiger partial charge in [0.05, 0.1) is 0 Å². The molecular weight excluding hydrogens is 128 g/mol. The first kappa shape index (κ1) is 7.48. The number of allylic oxidation sites excluding steroid dienone is 2. The highest BCUT2D eigenvalue weighted by molar-refractivity contribution is 5.54. The van der Waals surface area contributed by atoms with Crippen molar-refractivity contribution >= 4 is 6.29 Å². The van der Waals surface area contributed by atoms with E-state index in [0.29, 0.717) is 0 Å². The molecule has 0 aromatic rings. The Hall–Kier alpha value is -0.630. The first-order valence-electron chi connectivity index (χ1n) is 3.59. The van der Waals surface area contributed by atoms with E-state index in [1.54, 1.807) is 0 Å². The van der Waals surface area contributed by atoms with Crippen LogP contribution in [0.15, 0.2) is 12.2 Å². The summed E-state index contributed by atoms with van der Waals surface area (Å²) < 4.78 is 0. The average molecular weight is 140 g/mol. The molecule has 0 spiro atoms. The van der Waals surface area contributed by atoms with Gasteiger partial charge in [-0.3, -0.25) is 0 Å². The van der Waals surface area contributed by atoms with E-state index in [0.717, 1.165) is 19.1 Å². The second-order valence-electron chi connectivity index (χ2n) is 2.69. The van der Waals surface area contributed by atoms with Crippen molar-refractivity contribution in [2.75, 3.05) is 6.61 Å². The molecule has 0 saturated heterocycles. The van der Waals surface area contributed by atoms with Gasteiger partial charge in [-0.15, -0.1) is 0 Å². The number of hydrogen-bond acceptors (Lipinski definition) is 2. The highest BCUT2D eigenvalue weighted by atomic mass is 16.3. The van der Waals surface area contributed by atoms with Crippen molar-refractivity contribution in [2.45, 2.75) is 12.8 Å². The molecule has 2 heteroatoms. The molecule has 10 heavy (non-hydrogen) atoms. The topological polar surface area (TPSA) is 37.3 Å². The molecule has 0 aromatic carbocycles. The van der Waals surface area contributed by atoms with Gasteiger partial charge < -0.3 is 9.90 Å². The number of aliphatic hydroxyl groups is 1. The molecule has 0 fully saturated rings. The Balaban J connectivity index is 2.53. The van der Waals surface area contributed by atoms with Crippen LogP contribution in [0.25, 0.3) is 0 Å². The lowest BCUT2D eigenvalue weighted by Gasteiger charge is -2.21. The Morgan fingerprint density at radius 2 is 2.20 bits per heavy atom. The van der Waals surface area contributed by atoms with Crippen molar-refractivity contribution in [3.63, 3.8) is 0 Å². The Morgan fingerprint density at radius 3 is 2.70 bits per heavy atom. The first-order valence-corrected chi connectivity index (χ1v) is 3.59. The second-order valence-corrected chi connectivity index (χ2v) is 2.69. The molecule has 2 unspecified atom stereocenters. The van der Waals surface area contributed by atoms with Crippen LogP contribution in [0.5, 0.6) is 0 Å². The number of aliphatic hydroxyl groups excluding tert-OH is 1. The third-order valence-corrected chi connectivity index (χ3v) is 2.03. The van der Waals surface area contributed by atoms with Crippen molar-refractivity contribution < 1.29 is 9.90 Å². The van der Waals surface area contributed by atoms with Crippen LogP contribution in [-0.4, -0.2) is 18.0 Å². The zero-order valence-corrected chi connectivity index (χ0v) is 5.86. The summed E-state index contributed by atoms with van der Waals surface area (Å²) in [6.07, 6.45) is 6.63. The molecule has 0 bridgehead atoms. The first-order chi connectivity index (χ1) is 4.88. The summed E-state index contributed by atoms with van der Waals surface area (Å²) in [5.41, 5.74) is 0. The summed E-state index contributed by atoms with van der Waals surface area (Å²) in [6.45, 7) is 0.133. The Morgan fingerprint density at radius 1 is 1.50 bits per heavy atom. The largest absolute Gasteiger partial charge is 0.396 e. The van der Waals surface area contributed by atoms with Crippen molar-refractivity contribution in [1.82, 2.24) is 0 Å². The highest BCUT2D eigenvalue weighted by Crippen LogP contribution is 2.22. The van der Waals surface area contributed by atoms with Gasteiger partial charge >= 0.3 is 0 Å². The molecular formula is C8H12O2. The summed E-state index contributed by atoms with van der Waals surface area (Å²) in [6, 6.07) is 0. The fourth-order valence-electron chi connectivity index (χ4n) is 1.27. The van der Waals surface area contributed by atoms with E-state index in [4.69, 9.17) is 5.11 Å². The standard InChI is InChI=1S/C8H12O2/c9-5-7-3-1-2-4-8(7)6-10/h1-2,5,7-8,10H,3-4,6H2. The SMILES string of the molecule is O=CC1CC=CCC1CO. The molecule has 0 amide bonds. The minimum atomic E-state index is 0.0509. The summed E-state index contributed by atoms with van der Waals surface area (Å²) in [4.78, 5) is 10.4. The maximum absolute atomic E-state index is 10.4. The van der Waals surface area contributed by atoms with Crippen LogP contribution in [0.3, 0.4) is 0 Å². The number of aldehydes is 1. The van der Waals surface area contributed by atoms with E-state index in [9.17, 15) is 4.79 Å². The fraction of sp³-hybridized carbons (Fsp3) is 0.625. The monoisotopic (exact) mass is 140 g/mol. The number of carbonyl (C=O) groups excluding carboxylic acids is 1. The van der Waals surface area contributed by atoms with E-state index < -0.39 is 0 Å². The average Bonchev–Trinajstić information content (AvgIpc) is 2.04. The number of carbonyl (C=O) groups is 1. The van der Waals surface area contributed by atoms with Gasteiger partial charge in [0.15, 0.2) is 0 Å². The van der Waals surface area contributed by atoms with Crippen LogP contribution < -0.4 is 0 Å². The Labute approximate surface area is 60.6 Å². The maximum Gasteiger partial charge on any atom is 0.123 e. The molecule has 56 valence electrons. The van der Waals surface area contributed by atoms with Gasteiger partial charge in [-0.2, -0.15) is 0 Å². The lowest BCUT2D eigenvalue weighted by molar-refractivity contribution is -0.113. The van der Waals surface area contributed by atoms with Crippen LogP contribution in [0, 0.1) is 11.8 Å². The minimum Gasteiger partial charge on any atom is -0.396 e. The Bertz CT molecular complexity index is 140. The van der Waals surface area contributed by atoms with Gasteiger partial charge in [-0.25, -0.2) is 0 Å². The Kier molecular flexibility index (Phi) is 2.63. The van der Waals surface area contributed by atoms with Gasteiger partial charge in [-0.05, 0) is 18.8 Å². The lowest BCUT2D eigenvalue weighted by atomic mass is 9.85. The highest BCUT2D eigenvalue weighted by Gasteiger charge is 2.20. The van der Waals surface area contributed by atoms with Gasteiger partial charge in [0.2, 0.25) is 0 Å². The summed E-state index contributed by atoms with van der Waals surface area (Å²) in [7, 11) is 0. The third kappa shape index (κ3) is 1.45.